The lowest BCUT2D eigenvalue weighted by atomic mass is 10.0. The first-order valence-electron chi connectivity index (χ1n) is 12.9. The Bertz CT molecular complexity index is 1180. The van der Waals surface area contributed by atoms with Crippen LogP contribution in [0.4, 0.5) is 0 Å². The van der Waals surface area contributed by atoms with Gasteiger partial charge in [0.1, 0.15) is 11.8 Å². The van der Waals surface area contributed by atoms with Gasteiger partial charge in [-0.1, -0.05) is 80.1 Å². The molecule has 5 nitrogen and oxygen atoms in total. The van der Waals surface area contributed by atoms with Crippen LogP contribution >= 0.6 is 15.9 Å². The molecule has 0 fully saturated rings. The van der Waals surface area contributed by atoms with Crippen LogP contribution in [-0.4, -0.2) is 35.4 Å². The van der Waals surface area contributed by atoms with Gasteiger partial charge in [0.2, 0.25) is 5.91 Å². The van der Waals surface area contributed by atoms with E-state index in [0.29, 0.717) is 18.7 Å². The summed E-state index contributed by atoms with van der Waals surface area (Å²) in [6, 6.07) is 23.0. The lowest BCUT2D eigenvalue weighted by Crippen LogP contribution is -2.53. The van der Waals surface area contributed by atoms with E-state index in [1.54, 1.807) is 4.90 Å². The normalized spacial score (nSPS) is 12.5. The van der Waals surface area contributed by atoms with Gasteiger partial charge < -0.3 is 15.0 Å². The lowest BCUT2D eigenvalue weighted by Gasteiger charge is -2.32. The van der Waals surface area contributed by atoms with Crippen molar-refractivity contribution in [3.63, 3.8) is 0 Å². The van der Waals surface area contributed by atoms with Crippen molar-refractivity contribution in [2.24, 2.45) is 0 Å². The van der Waals surface area contributed by atoms with Crippen LogP contribution in [0.2, 0.25) is 0 Å². The molecule has 6 heteroatoms. The Balaban J connectivity index is 1.92. The number of hydrogen-bond acceptors (Lipinski definition) is 3. The van der Waals surface area contributed by atoms with Crippen molar-refractivity contribution >= 4 is 27.7 Å². The molecule has 0 heterocycles. The van der Waals surface area contributed by atoms with Crippen LogP contribution in [0.1, 0.15) is 49.4 Å². The molecule has 3 aromatic carbocycles. The molecule has 196 valence electrons. The Morgan fingerprint density at radius 1 is 0.946 bits per heavy atom. The molecule has 2 atom stereocenters. The minimum atomic E-state index is -0.682. The Hall–Kier alpha value is -3.12. The fourth-order valence-electron chi connectivity index (χ4n) is 4.11. The summed E-state index contributed by atoms with van der Waals surface area (Å²) in [5, 5.41) is 3.10. The minimum Gasteiger partial charge on any atom is -0.483 e. The fourth-order valence-corrected chi connectivity index (χ4v) is 4.65. The van der Waals surface area contributed by atoms with Crippen molar-refractivity contribution in [2.75, 3.05) is 6.61 Å². The predicted octanol–water partition coefficient (Wildman–Crippen LogP) is 6.25. The van der Waals surface area contributed by atoms with Crippen LogP contribution < -0.4 is 10.1 Å². The number of amides is 2. The summed E-state index contributed by atoms with van der Waals surface area (Å²) < 4.78 is 6.76. The largest absolute Gasteiger partial charge is 0.483 e. The standard InChI is InChI=1S/C31H37BrN2O3/c1-5-23(4)33-31(36)28(19-25-12-8-7-9-13-25)34(20-26-14-10-11-22(3)17-26)30(35)21-37-29-16-15-24(6-2)18-27(29)32/h7-18,23,28H,5-6,19-21H2,1-4H3,(H,33,36)/t23-,28-/m0/s1. The van der Waals surface area contributed by atoms with Crippen molar-refractivity contribution < 1.29 is 14.3 Å². The van der Waals surface area contributed by atoms with Gasteiger partial charge in [-0.3, -0.25) is 9.59 Å². The van der Waals surface area contributed by atoms with E-state index >= 15 is 0 Å². The number of aryl methyl sites for hydroxylation is 2. The number of halogens is 1. The molecule has 2 amide bonds. The zero-order chi connectivity index (χ0) is 26.8. The van der Waals surface area contributed by atoms with Crippen molar-refractivity contribution in [2.45, 2.75) is 65.6 Å². The maximum atomic E-state index is 13.7. The van der Waals surface area contributed by atoms with Crippen molar-refractivity contribution in [3.8, 4) is 5.75 Å². The molecule has 0 unspecified atom stereocenters. The zero-order valence-electron chi connectivity index (χ0n) is 22.2. The Kier molecular flexibility index (Phi) is 10.8. The minimum absolute atomic E-state index is 0.00554. The third kappa shape index (κ3) is 8.46. The average molecular weight is 566 g/mol. The second-order valence-electron chi connectivity index (χ2n) is 9.44. The summed E-state index contributed by atoms with van der Waals surface area (Å²) in [6.45, 7) is 8.26. The van der Waals surface area contributed by atoms with E-state index in [1.807, 2.05) is 93.6 Å². The second-order valence-corrected chi connectivity index (χ2v) is 10.3. The number of benzene rings is 3. The Morgan fingerprint density at radius 3 is 2.32 bits per heavy atom. The third-order valence-corrected chi connectivity index (χ3v) is 7.08. The van der Waals surface area contributed by atoms with E-state index in [9.17, 15) is 9.59 Å². The SMILES string of the molecule is CCc1ccc(OCC(=O)N(Cc2cccc(C)c2)[C@@H](Cc2ccccc2)C(=O)N[C@@H](C)CC)c(Br)c1. The molecule has 0 aliphatic rings. The molecule has 0 bridgehead atoms. The molecule has 1 N–H and O–H groups in total. The van der Waals surface area contributed by atoms with Gasteiger partial charge in [-0.15, -0.1) is 0 Å². The van der Waals surface area contributed by atoms with E-state index in [2.05, 4.69) is 28.2 Å². The smallest absolute Gasteiger partial charge is 0.261 e. The summed E-state index contributed by atoms with van der Waals surface area (Å²) in [5.74, 6) is 0.200. The summed E-state index contributed by atoms with van der Waals surface area (Å²) in [7, 11) is 0. The maximum absolute atomic E-state index is 13.7. The van der Waals surface area contributed by atoms with Crippen LogP contribution in [0.15, 0.2) is 77.3 Å². The van der Waals surface area contributed by atoms with Gasteiger partial charge in [0.15, 0.2) is 6.61 Å². The number of ether oxygens (including phenoxy) is 1. The number of hydrogen-bond donors (Lipinski definition) is 1. The second kappa shape index (κ2) is 14.0. The van der Waals surface area contributed by atoms with E-state index < -0.39 is 6.04 Å². The summed E-state index contributed by atoms with van der Waals surface area (Å²) in [5.41, 5.74) is 4.24. The van der Waals surface area contributed by atoms with Crippen LogP contribution in [0.25, 0.3) is 0 Å². The Morgan fingerprint density at radius 2 is 1.68 bits per heavy atom. The van der Waals surface area contributed by atoms with Crippen LogP contribution in [0.3, 0.4) is 0 Å². The number of carbonyl (C=O) groups excluding carboxylic acids is 2. The molecule has 0 aromatic heterocycles. The van der Waals surface area contributed by atoms with Crippen molar-refractivity contribution in [1.29, 1.82) is 0 Å². The first-order valence-corrected chi connectivity index (χ1v) is 13.7. The van der Waals surface area contributed by atoms with Crippen molar-refractivity contribution in [1.82, 2.24) is 10.2 Å². The topological polar surface area (TPSA) is 58.6 Å². The van der Waals surface area contributed by atoms with Crippen molar-refractivity contribution in [3.05, 3.63) is 99.5 Å². The highest BCUT2D eigenvalue weighted by atomic mass is 79.9. The highest BCUT2D eigenvalue weighted by Crippen LogP contribution is 2.26. The quantitative estimate of drug-likeness (QED) is 0.282. The number of carbonyl (C=O) groups is 2. The van der Waals surface area contributed by atoms with Crippen LogP contribution in [0.5, 0.6) is 5.75 Å². The number of nitrogens with one attached hydrogen (secondary N) is 1. The van der Waals surface area contributed by atoms with E-state index in [-0.39, 0.29) is 24.5 Å². The molecular formula is C31H37BrN2O3. The van der Waals surface area contributed by atoms with Gasteiger partial charge >= 0.3 is 0 Å². The lowest BCUT2D eigenvalue weighted by molar-refractivity contribution is -0.143. The average Bonchev–Trinajstić information content (AvgIpc) is 2.90. The van der Waals surface area contributed by atoms with E-state index in [0.717, 1.165) is 34.0 Å². The predicted molar refractivity (Wildman–Crippen MR) is 153 cm³/mol. The molecular weight excluding hydrogens is 528 g/mol. The highest BCUT2D eigenvalue weighted by Gasteiger charge is 2.31. The summed E-state index contributed by atoms with van der Waals surface area (Å²) in [6.07, 6.45) is 2.13. The molecule has 3 aromatic rings. The van der Waals surface area contributed by atoms with Crippen LogP contribution in [0, 0.1) is 6.92 Å². The molecule has 37 heavy (non-hydrogen) atoms. The summed E-state index contributed by atoms with van der Waals surface area (Å²) in [4.78, 5) is 29.0. The fraction of sp³-hybridized carbons (Fsp3) is 0.355. The van der Waals surface area contributed by atoms with Crippen LogP contribution in [-0.2, 0) is 29.0 Å². The third-order valence-electron chi connectivity index (χ3n) is 6.46. The number of rotatable bonds is 12. The van der Waals surface area contributed by atoms with E-state index in [4.69, 9.17) is 4.74 Å². The molecule has 3 rings (SSSR count). The summed E-state index contributed by atoms with van der Waals surface area (Å²) >= 11 is 3.55. The molecule has 0 saturated heterocycles. The van der Waals surface area contributed by atoms with Gasteiger partial charge in [-0.2, -0.15) is 0 Å². The van der Waals surface area contributed by atoms with Gasteiger partial charge in [0.25, 0.3) is 5.91 Å². The van der Waals surface area contributed by atoms with Gasteiger partial charge in [0.05, 0.1) is 4.47 Å². The highest BCUT2D eigenvalue weighted by molar-refractivity contribution is 9.10. The number of nitrogens with zero attached hydrogens (tertiary/aromatic N) is 1. The Labute approximate surface area is 229 Å². The monoisotopic (exact) mass is 564 g/mol. The molecule has 0 aliphatic heterocycles. The molecule has 0 aliphatic carbocycles. The van der Waals surface area contributed by atoms with Gasteiger partial charge in [-0.25, -0.2) is 0 Å². The van der Waals surface area contributed by atoms with Gasteiger partial charge in [-0.05, 0) is 71.4 Å². The zero-order valence-corrected chi connectivity index (χ0v) is 23.8. The first kappa shape index (κ1) is 28.5. The molecule has 0 spiro atoms. The first-order chi connectivity index (χ1) is 17.8. The van der Waals surface area contributed by atoms with E-state index in [1.165, 1.54) is 5.56 Å². The maximum Gasteiger partial charge on any atom is 0.261 e. The van der Waals surface area contributed by atoms with Gasteiger partial charge in [0, 0.05) is 19.0 Å². The molecule has 0 radical (unpaired) electrons. The molecule has 0 saturated carbocycles.